The second-order valence-electron chi connectivity index (χ2n) is 6.41. The van der Waals surface area contributed by atoms with Gasteiger partial charge in [-0.1, -0.05) is 11.3 Å². The molecule has 2 aliphatic rings. The van der Waals surface area contributed by atoms with Crippen molar-refractivity contribution in [2.75, 3.05) is 19.9 Å². The first-order chi connectivity index (χ1) is 12.3. The molecule has 0 spiro atoms. The van der Waals surface area contributed by atoms with Crippen molar-refractivity contribution < 1.29 is 14.3 Å². The van der Waals surface area contributed by atoms with Crippen LogP contribution in [0, 0.1) is 5.92 Å². The lowest BCUT2D eigenvalue weighted by atomic mass is 10.00. The zero-order chi connectivity index (χ0) is 17.1. The van der Waals surface area contributed by atoms with Gasteiger partial charge in [0.2, 0.25) is 6.79 Å². The summed E-state index contributed by atoms with van der Waals surface area (Å²) in [5.74, 6) is 1.75. The van der Waals surface area contributed by atoms with E-state index < -0.39 is 0 Å². The molecule has 1 unspecified atom stereocenters. The minimum absolute atomic E-state index is 0.231. The molecule has 4 rings (SSSR count). The maximum atomic E-state index is 12.3. The highest BCUT2D eigenvalue weighted by Gasteiger charge is 2.17. The number of nitrogens with zero attached hydrogens (tertiary/aromatic N) is 3. The second-order valence-corrected chi connectivity index (χ2v) is 6.41. The number of amides is 1. The van der Waals surface area contributed by atoms with Gasteiger partial charge in [-0.05, 0) is 49.5 Å². The highest BCUT2D eigenvalue weighted by atomic mass is 16.7. The number of benzene rings is 1. The third-order valence-electron chi connectivity index (χ3n) is 4.51. The monoisotopic (exact) mass is 343 g/mol. The summed E-state index contributed by atoms with van der Waals surface area (Å²) in [6.07, 6.45) is 4.07. The summed E-state index contributed by atoms with van der Waals surface area (Å²) < 4.78 is 12.4. The highest BCUT2D eigenvalue weighted by Crippen LogP contribution is 2.32. The van der Waals surface area contributed by atoms with Gasteiger partial charge < -0.3 is 20.1 Å². The minimum atomic E-state index is -0.231. The van der Waals surface area contributed by atoms with Gasteiger partial charge in [0.05, 0.1) is 6.20 Å². The van der Waals surface area contributed by atoms with Crippen molar-refractivity contribution in [3.8, 4) is 11.5 Å². The lowest BCUT2D eigenvalue weighted by molar-refractivity contribution is 0.0945. The van der Waals surface area contributed by atoms with E-state index in [1.165, 1.54) is 12.8 Å². The molecule has 1 aromatic heterocycles. The van der Waals surface area contributed by atoms with E-state index in [9.17, 15) is 4.79 Å². The molecule has 1 aromatic carbocycles. The fourth-order valence-corrected chi connectivity index (χ4v) is 3.16. The predicted molar refractivity (Wildman–Crippen MR) is 89.4 cm³/mol. The van der Waals surface area contributed by atoms with Crippen LogP contribution in [0.2, 0.25) is 0 Å². The predicted octanol–water partition coefficient (Wildman–Crippen LogP) is 0.936. The SMILES string of the molecule is O=C(NCc1ccc2c(c1)OCO2)c1cn(CC2CCCNC2)nn1. The smallest absolute Gasteiger partial charge is 0.273 e. The summed E-state index contributed by atoms with van der Waals surface area (Å²) in [5.41, 5.74) is 1.28. The van der Waals surface area contributed by atoms with Crippen LogP contribution >= 0.6 is 0 Å². The Balaban J connectivity index is 1.32. The molecular formula is C17H21N5O3. The maximum absolute atomic E-state index is 12.3. The van der Waals surface area contributed by atoms with Crippen molar-refractivity contribution in [1.29, 1.82) is 0 Å². The Morgan fingerprint density at radius 2 is 2.28 bits per heavy atom. The van der Waals surface area contributed by atoms with E-state index in [4.69, 9.17) is 9.47 Å². The van der Waals surface area contributed by atoms with Gasteiger partial charge in [-0.25, -0.2) is 0 Å². The van der Waals surface area contributed by atoms with Crippen LogP contribution in [-0.4, -0.2) is 40.8 Å². The first kappa shape index (κ1) is 15.9. The quantitative estimate of drug-likeness (QED) is 0.840. The van der Waals surface area contributed by atoms with Crippen LogP contribution in [0.1, 0.15) is 28.9 Å². The van der Waals surface area contributed by atoms with Gasteiger partial charge in [0, 0.05) is 13.1 Å². The molecule has 1 amide bonds. The summed E-state index contributed by atoms with van der Waals surface area (Å²) in [5, 5.41) is 14.3. The molecule has 0 aliphatic carbocycles. The third-order valence-corrected chi connectivity index (χ3v) is 4.51. The summed E-state index contributed by atoms with van der Waals surface area (Å²) in [4.78, 5) is 12.3. The van der Waals surface area contributed by atoms with Crippen LogP contribution in [0.4, 0.5) is 0 Å². The fraction of sp³-hybridized carbons (Fsp3) is 0.471. The van der Waals surface area contributed by atoms with Crippen LogP contribution in [0.15, 0.2) is 24.4 Å². The van der Waals surface area contributed by atoms with Gasteiger partial charge >= 0.3 is 0 Å². The second kappa shape index (κ2) is 7.10. The number of aromatic nitrogens is 3. The van der Waals surface area contributed by atoms with Crippen molar-refractivity contribution in [2.45, 2.75) is 25.9 Å². The Hall–Kier alpha value is -2.61. The zero-order valence-electron chi connectivity index (χ0n) is 13.9. The Labute approximate surface area is 145 Å². The topological polar surface area (TPSA) is 90.3 Å². The molecule has 0 bridgehead atoms. The number of hydrogen-bond donors (Lipinski definition) is 2. The van der Waals surface area contributed by atoms with Crippen LogP contribution in [0.3, 0.4) is 0 Å². The molecule has 8 heteroatoms. The van der Waals surface area contributed by atoms with E-state index in [1.807, 2.05) is 18.2 Å². The van der Waals surface area contributed by atoms with Crippen LogP contribution in [0.5, 0.6) is 11.5 Å². The molecule has 1 fully saturated rings. The normalized spacial score (nSPS) is 19.0. The van der Waals surface area contributed by atoms with Gasteiger partial charge in [0.25, 0.3) is 5.91 Å². The first-order valence-corrected chi connectivity index (χ1v) is 8.55. The van der Waals surface area contributed by atoms with Crippen LogP contribution in [0.25, 0.3) is 0 Å². The highest BCUT2D eigenvalue weighted by molar-refractivity contribution is 5.91. The van der Waals surface area contributed by atoms with Gasteiger partial charge in [0.15, 0.2) is 17.2 Å². The summed E-state index contributed by atoms with van der Waals surface area (Å²) in [7, 11) is 0. The van der Waals surface area contributed by atoms with Crippen molar-refractivity contribution >= 4 is 5.91 Å². The number of rotatable bonds is 5. The molecule has 25 heavy (non-hydrogen) atoms. The van der Waals surface area contributed by atoms with Gasteiger partial charge in [-0.2, -0.15) is 0 Å². The average molecular weight is 343 g/mol. The number of nitrogens with one attached hydrogen (secondary N) is 2. The van der Waals surface area contributed by atoms with E-state index in [0.717, 1.165) is 30.9 Å². The van der Waals surface area contributed by atoms with Crippen LogP contribution in [-0.2, 0) is 13.1 Å². The van der Waals surface area contributed by atoms with E-state index in [2.05, 4.69) is 20.9 Å². The number of ether oxygens (including phenoxy) is 2. The average Bonchev–Trinajstić information content (AvgIpc) is 3.29. The summed E-state index contributed by atoms with van der Waals surface area (Å²) >= 11 is 0. The van der Waals surface area contributed by atoms with Crippen molar-refractivity contribution in [3.05, 3.63) is 35.7 Å². The van der Waals surface area contributed by atoms with Gasteiger partial charge in [-0.15, -0.1) is 5.10 Å². The number of hydrogen-bond acceptors (Lipinski definition) is 6. The van der Waals surface area contributed by atoms with Gasteiger partial charge in [-0.3, -0.25) is 9.48 Å². The Bertz CT molecular complexity index is 754. The van der Waals surface area contributed by atoms with Crippen molar-refractivity contribution in [2.24, 2.45) is 5.92 Å². The largest absolute Gasteiger partial charge is 0.454 e. The third kappa shape index (κ3) is 3.74. The number of carbonyl (C=O) groups excluding carboxylic acids is 1. The number of carbonyl (C=O) groups is 1. The number of piperidine rings is 1. The zero-order valence-corrected chi connectivity index (χ0v) is 13.9. The molecule has 1 atom stereocenters. The lowest BCUT2D eigenvalue weighted by Crippen LogP contribution is -2.32. The Morgan fingerprint density at radius 3 is 3.16 bits per heavy atom. The number of fused-ring (bicyclic) bond motifs is 1. The molecule has 1 saturated heterocycles. The molecule has 0 radical (unpaired) electrons. The van der Waals surface area contributed by atoms with Crippen molar-refractivity contribution in [3.63, 3.8) is 0 Å². The summed E-state index contributed by atoms with van der Waals surface area (Å²) in [6, 6.07) is 5.62. The van der Waals surface area contributed by atoms with E-state index in [0.29, 0.717) is 23.9 Å². The molecule has 2 aliphatic heterocycles. The standard InChI is InChI=1S/C17H21N5O3/c23-17(19-8-12-3-4-15-16(6-12)25-11-24-15)14-10-22(21-20-14)9-13-2-1-5-18-7-13/h3-4,6,10,13,18H,1-2,5,7-9,11H2,(H,19,23). The lowest BCUT2D eigenvalue weighted by Gasteiger charge is -2.22. The molecule has 0 saturated carbocycles. The fourth-order valence-electron chi connectivity index (χ4n) is 3.16. The minimum Gasteiger partial charge on any atom is -0.454 e. The molecule has 132 valence electrons. The van der Waals surface area contributed by atoms with E-state index >= 15 is 0 Å². The molecule has 2 aromatic rings. The molecule has 8 nitrogen and oxygen atoms in total. The summed E-state index contributed by atoms with van der Waals surface area (Å²) in [6.45, 7) is 3.50. The van der Waals surface area contributed by atoms with Gasteiger partial charge in [0.1, 0.15) is 0 Å². The van der Waals surface area contributed by atoms with Crippen molar-refractivity contribution in [1.82, 2.24) is 25.6 Å². The molecule has 2 N–H and O–H groups in total. The maximum Gasteiger partial charge on any atom is 0.273 e. The first-order valence-electron chi connectivity index (χ1n) is 8.55. The van der Waals surface area contributed by atoms with E-state index in [1.54, 1.807) is 10.9 Å². The molecular weight excluding hydrogens is 322 g/mol. The Morgan fingerprint density at radius 1 is 1.36 bits per heavy atom. The molecule has 3 heterocycles. The Kier molecular flexibility index (Phi) is 4.51. The van der Waals surface area contributed by atoms with Crippen LogP contribution < -0.4 is 20.1 Å². The van der Waals surface area contributed by atoms with E-state index in [-0.39, 0.29) is 12.7 Å².